The fourth-order valence-electron chi connectivity index (χ4n) is 1.83. The Balaban J connectivity index is 1.87. The predicted octanol–water partition coefficient (Wildman–Crippen LogP) is 3.47. The van der Waals surface area contributed by atoms with E-state index >= 15 is 0 Å². The van der Waals surface area contributed by atoms with Crippen molar-refractivity contribution in [3.8, 4) is 0 Å². The molecule has 0 saturated heterocycles. The highest BCUT2D eigenvalue weighted by atomic mass is 32.2. The third kappa shape index (κ3) is 2.74. The number of carbonyl (C=O) groups is 1. The van der Waals surface area contributed by atoms with E-state index < -0.39 is 5.91 Å². The van der Waals surface area contributed by atoms with E-state index in [1.54, 1.807) is 12.1 Å². The summed E-state index contributed by atoms with van der Waals surface area (Å²) >= 11 is 4.08. The molecule has 3 rings (SSSR count). The first kappa shape index (κ1) is 14.3. The minimum absolute atomic E-state index is 0.257. The minimum Gasteiger partial charge on any atom is -0.397 e. The van der Waals surface area contributed by atoms with Crippen molar-refractivity contribution >= 4 is 55.6 Å². The lowest BCUT2D eigenvalue weighted by molar-refractivity contribution is 0.100. The number of anilines is 1. The molecule has 0 saturated carbocycles. The summed E-state index contributed by atoms with van der Waals surface area (Å²) in [5, 5.41) is 1.58. The molecule has 0 unspecified atom stereocenters. The molecule has 2 aromatic heterocycles. The Morgan fingerprint density at radius 2 is 2.05 bits per heavy atom. The summed E-state index contributed by atoms with van der Waals surface area (Å²) in [7, 11) is 0. The van der Waals surface area contributed by atoms with Crippen LogP contribution in [0.15, 0.2) is 29.3 Å². The molecule has 8 heteroatoms. The molecule has 0 aliphatic rings. The number of aromatic nitrogens is 1. The third-order valence-corrected chi connectivity index (χ3v) is 6.15. The summed E-state index contributed by atoms with van der Waals surface area (Å²) in [5.74, 6) is -0.122. The Bertz CT molecular complexity index is 810. The first-order valence-corrected chi connectivity index (χ1v) is 8.48. The van der Waals surface area contributed by atoms with Crippen LogP contribution in [0.2, 0.25) is 0 Å². The van der Waals surface area contributed by atoms with Crippen LogP contribution in [-0.2, 0) is 5.75 Å². The van der Waals surface area contributed by atoms with Gasteiger partial charge in [-0.1, -0.05) is 23.9 Å². The molecule has 2 heterocycles. The zero-order valence-electron chi connectivity index (χ0n) is 10.6. The van der Waals surface area contributed by atoms with E-state index in [2.05, 4.69) is 4.37 Å². The van der Waals surface area contributed by atoms with Crippen molar-refractivity contribution in [2.45, 2.75) is 10.8 Å². The first-order valence-electron chi connectivity index (χ1n) is 5.91. The maximum atomic E-state index is 12.9. The third-order valence-electron chi connectivity index (χ3n) is 2.85. The van der Waals surface area contributed by atoms with Gasteiger partial charge in [-0.2, -0.15) is 4.37 Å². The van der Waals surface area contributed by atoms with Crippen LogP contribution < -0.4 is 11.5 Å². The number of nitrogen functional groups attached to an aromatic ring is 1. The van der Waals surface area contributed by atoms with E-state index in [4.69, 9.17) is 11.5 Å². The number of amides is 1. The number of carbonyl (C=O) groups excluding carboxylic acids is 1. The highest BCUT2D eigenvalue weighted by Crippen LogP contribution is 2.42. The summed E-state index contributed by atoms with van der Waals surface area (Å²) in [6.45, 7) is 0. The molecule has 0 atom stereocenters. The SMILES string of the molecule is NC(=O)c1sc2snc(SCc3ccc(F)cc3)c2c1N. The van der Waals surface area contributed by atoms with E-state index in [-0.39, 0.29) is 5.82 Å². The number of nitrogens with two attached hydrogens (primary N) is 2. The van der Waals surface area contributed by atoms with Crippen molar-refractivity contribution in [2.75, 3.05) is 5.73 Å². The van der Waals surface area contributed by atoms with Crippen molar-refractivity contribution < 1.29 is 9.18 Å². The second kappa shape index (κ2) is 5.63. The average Bonchev–Trinajstić information content (AvgIpc) is 2.99. The molecule has 108 valence electrons. The highest BCUT2D eigenvalue weighted by Gasteiger charge is 2.19. The van der Waals surface area contributed by atoms with Gasteiger partial charge in [0.15, 0.2) is 0 Å². The molecular formula is C13H10FN3OS3. The number of thioether (sulfide) groups is 1. The van der Waals surface area contributed by atoms with Crippen LogP contribution in [0.5, 0.6) is 0 Å². The lowest BCUT2D eigenvalue weighted by atomic mass is 10.2. The maximum absolute atomic E-state index is 12.9. The summed E-state index contributed by atoms with van der Waals surface area (Å²) in [6, 6.07) is 6.32. The fraction of sp³-hybridized carbons (Fsp3) is 0.0769. The van der Waals surface area contributed by atoms with Gasteiger partial charge < -0.3 is 11.5 Å². The van der Waals surface area contributed by atoms with Crippen molar-refractivity contribution in [1.82, 2.24) is 4.37 Å². The summed E-state index contributed by atoms with van der Waals surface area (Å²) in [4.78, 5) is 11.7. The van der Waals surface area contributed by atoms with E-state index in [1.807, 2.05) is 0 Å². The van der Waals surface area contributed by atoms with Crippen LogP contribution in [0.1, 0.15) is 15.2 Å². The lowest BCUT2D eigenvalue weighted by Crippen LogP contribution is -2.10. The summed E-state index contributed by atoms with van der Waals surface area (Å²) in [6.07, 6.45) is 0. The zero-order chi connectivity index (χ0) is 15.0. The van der Waals surface area contributed by atoms with Crippen LogP contribution >= 0.6 is 34.6 Å². The van der Waals surface area contributed by atoms with Gasteiger partial charge in [-0.15, -0.1) is 11.3 Å². The molecule has 0 spiro atoms. The second-order valence-electron chi connectivity index (χ2n) is 4.27. The van der Waals surface area contributed by atoms with Crippen LogP contribution in [-0.4, -0.2) is 10.3 Å². The zero-order valence-corrected chi connectivity index (χ0v) is 13.1. The van der Waals surface area contributed by atoms with E-state index in [0.717, 1.165) is 20.0 Å². The molecule has 1 amide bonds. The minimum atomic E-state index is -0.518. The second-order valence-corrected chi connectivity index (χ2v) is 7.29. The number of nitrogens with zero attached hydrogens (tertiary/aromatic N) is 1. The molecule has 0 fully saturated rings. The number of primary amides is 1. The number of rotatable bonds is 4. The predicted molar refractivity (Wildman–Crippen MR) is 86.4 cm³/mol. The first-order chi connectivity index (χ1) is 10.1. The number of hydrogen-bond donors (Lipinski definition) is 2. The largest absolute Gasteiger partial charge is 0.397 e. The average molecular weight is 339 g/mol. The number of fused-ring (bicyclic) bond motifs is 1. The molecule has 4 N–H and O–H groups in total. The van der Waals surface area contributed by atoms with Gasteiger partial charge in [0.25, 0.3) is 5.91 Å². The van der Waals surface area contributed by atoms with Gasteiger partial charge in [-0.25, -0.2) is 4.39 Å². The molecule has 0 bridgehead atoms. The Morgan fingerprint density at radius 1 is 1.33 bits per heavy atom. The molecule has 3 aromatic rings. The van der Waals surface area contributed by atoms with E-state index in [0.29, 0.717) is 16.3 Å². The van der Waals surface area contributed by atoms with Crippen molar-refractivity contribution in [3.05, 3.63) is 40.5 Å². The molecule has 0 radical (unpaired) electrons. The molecule has 1 aromatic carbocycles. The fourth-order valence-corrected chi connectivity index (χ4v) is 5.01. The van der Waals surface area contributed by atoms with Gasteiger partial charge in [0.2, 0.25) is 0 Å². The normalized spacial score (nSPS) is 11.1. The number of hydrogen-bond acceptors (Lipinski definition) is 6. The van der Waals surface area contributed by atoms with Crippen molar-refractivity contribution in [2.24, 2.45) is 5.73 Å². The topological polar surface area (TPSA) is 82.0 Å². The van der Waals surface area contributed by atoms with Crippen LogP contribution in [0, 0.1) is 5.82 Å². The van der Waals surface area contributed by atoms with Crippen LogP contribution in [0.4, 0.5) is 10.1 Å². The van der Waals surface area contributed by atoms with Gasteiger partial charge in [-0.3, -0.25) is 4.79 Å². The van der Waals surface area contributed by atoms with Gasteiger partial charge in [0.1, 0.15) is 19.7 Å². The van der Waals surface area contributed by atoms with Gasteiger partial charge in [0.05, 0.1) is 11.1 Å². The van der Waals surface area contributed by atoms with Gasteiger partial charge in [0, 0.05) is 5.75 Å². The van der Waals surface area contributed by atoms with E-state index in [1.165, 1.54) is 46.8 Å². The summed E-state index contributed by atoms with van der Waals surface area (Å²) < 4.78 is 18.1. The van der Waals surface area contributed by atoms with Crippen molar-refractivity contribution in [3.63, 3.8) is 0 Å². The van der Waals surface area contributed by atoms with Gasteiger partial charge >= 0.3 is 0 Å². The maximum Gasteiger partial charge on any atom is 0.260 e. The number of thiophene rings is 1. The lowest BCUT2D eigenvalue weighted by Gasteiger charge is -2.00. The standard InChI is InChI=1S/C13H10FN3OS3/c14-7-3-1-6(2-4-7)5-19-12-8-9(15)10(11(16)18)20-13(8)21-17-12/h1-4H,5,15H2,(H2,16,18). The molecule has 0 aliphatic carbocycles. The number of halogens is 1. The van der Waals surface area contributed by atoms with Gasteiger partial charge in [-0.05, 0) is 29.2 Å². The Morgan fingerprint density at radius 3 is 2.71 bits per heavy atom. The van der Waals surface area contributed by atoms with E-state index in [9.17, 15) is 9.18 Å². The Labute approximate surface area is 132 Å². The van der Waals surface area contributed by atoms with Crippen LogP contribution in [0.25, 0.3) is 9.40 Å². The summed E-state index contributed by atoms with van der Waals surface area (Å²) in [5.41, 5.74) is 12.7. The number of benzene rings is 1. The Kier molecular flexibility index (Phi) is 3.83. The molecule has 4 nitrogen and oxygen atoms in total. The van der Waals surface area contributed by atoms with Crippen LogP contribution in [0.3, 0.4) is 0 Å². The Hall–Kier alpha value is -1.64. The molecular weight excluding hydrogens is 329 g/mol. The quantitative estimate of drug-likeness (QED) is 0.713. The molecule has 0 aliphatic heterocycles. The van der Waals surface area contributed by atoms with Crippen molar-refractivity contribution in [1.29, 1.82) is 0 Å². The highest BCUT2D eigenvalue weighted by molar-refractivity contribution is 7.98. The molecule has 21 heavy (non-hydrogen) atoms. The smallest absolute Gasteiger partial charge is 0.260 e. The monoisotopic (exact) mass is 339 g/mol.